The summed E-state index contributed by atoms with van der Waals surface area (Å²) >= 11 is 0. The largest absolute Gasteiger partial charge is 0.335 e. The second kappa shape index (κ2) is 7.15. The molecule has 136 valence electrons. The van der Waals surface area contributed by atoms with Crippen molar-refractivity contribution >= 4 is 11.8 Å². The number of carbonyl (C=O) groups is 2. The summed E-state index contributed by atoms with van der Waals surface area (Å²) in [6, 6.07) is 10.4. The lowest BCUT2D eigenvalue weighted by Gasteiger charge is -2.39. The van der Waals surface area contributed by atoms with E-state index in [0.717, 1.165) is 11.1 Å². The van der Waals surface area contributed by atoms with Gasteiger partial charge in [-0.1, -0.05) is 29.8 Å². The molecule has 1 aromatic carbocycles. The summed E-state index contributed by atoms with van der Waals surface area (Å²) in [5.74, 6) is -0.358. The van der Waals surface area contributed by atoms with Gasteiger partial charge in [0.1, 0.15) is 6.04 Å². The van der Waals surface area contributed by atoms with Crippen LogP contribution in [-0.2, 0) is 11.3 Å². The quantitative estimate of drug-likeness (QED) is 0.915. The van der Waals surface area contributed by atoms with E-state index in [4.69, 9.17) is 0 Å². The van der Waals surface area contributed by atoms with Crippen LogP contribution in [0.15, 0.2) is 41.2 Å². The molecule has 1 aromatic heterocycles. The van der Waals surface area contributed by atoms with E-state index >= 15 is 0 Å². The van der Waals surface area contributed by atoms with Crippen LogP contribution < -0.4 is 5.56 Å². The third-order valence-corrected chi connectivity index (χ3v) is 4.69. The number of piperazine rings is 1. The van der Waals surface area contributed by atoms with Gasteiger partial charge in [0, 0.05) is 37.0 Å². The van der Waals surface area contributed by atoms with Crippen LogP contribution >= 0.6 is 0 Å². The summed E-state index contributed by atoms with van der Waals surface area (Å²) < 4.78 is 0. The Morgan fingerprint density at radius 2 is 1.92 bits per heavy atom. The Kier molecular flexibility index (Phi) is 4.93. The predicted octanol–water partition coefficient (Wildman–Crippen LogP) is 1.86. The molecule has 6 nitrogen and oxygen atoms in total. The van der Waals surface area contributed by atoms with Gasteiger partial charge in [0.05, 0.1) is 0 Å². The smallest absolute Gasteiger partial charge is 0.254 e. The molecule has 6 heteroatoms. The molecule has 0 spiro atoms. The van der Waals surface area contributed by atoms with Gasteiger partial charge in [-0.05, 0) is 32.4 Å². The van der Waals surface area contributed by atoms with Crippen molar-refractivity contribution in [3.63, 3.8) is 0 Å². The Labute approximate surface area is 152 Å². The van der Waals surface area contributed by atoms with E-state index in [0.29, 0.717) is 30.9 Å². The Morgan fingerprint density at radius 3 is 2.62 bits per heavy atom. The first-order valence-electron chi connectivity index (χ1n) is 8.71. The molecule has 2 amide bonds. The molecule has 3 rings (SSSR count). The number of aromatic amines is 1. The highest BCUT2D eigenvalue weighted by Crippen LogP contribution is 2.17. The summed E-state index contributed by atoms with van der Waals surface area (Å²) in [5.41, 5.74) is 2.86. The summed E-state index contributed by atoms with van der Waals surface area (Å²) in [6.45, 7) is 6.95. The first-order chi connectivity index (χ1) is 12.3. The minimum absolute atomic E-state index is 0.0762. The third-order valence-electron chi connectivity index (χ3n) is 4.69. The van der Waals surface area contributed by atoms with Crippen LogP contribution in [0, 0.1) is 13.8 Å². The Bertz CT molecular complexity index is 903. The van der Waals surface area contributed by atoms with Gasteiger partial charge in [-0.15, -0.1) is 0 Å². The molecule has 1 aliphatic heterocycles. The van der Waals surface area contributed by atoms with Gasteiger partial charge in [0.2, 0.25) is 11.5 Å². The van der Waals surface area contributed by atoms with Crippen LogP contribution in [0.3, 0.4) is 0 Å². The number of carbonyl (C=O) groups excluding carboxylic acids is 2. The number of nitrogens with one attached hydrogen (secondary N) is 1. The molecule has 0 radical (unpaired) electrons. The molecule has 26 heavy (non-hydrogen) atoms. The fourth-order valence-corrected chi connectivity index (χ4v) is 3.37. The number of rotatable bonds is 3. The van der Waals surface area contributed by atoms with E-state index in [-0.39, 0.29) is 17.4 Å². The van der Waals surface area contributed by atoms with Crippen molar-refractivity contribution in [3.8, 4) is 0 Å². The number of pyridine rings is 1. The van der Waals surface area contributed by atoms with E-state index in [9.17, 15) is 14.4 Å². The van der Waals surface area contributed by atoms with Gasteiger partial charge >= 0.3 is 0 Å². The zero-order valence-corrected chi connectivity index (χ0v) is 15.3. The highest BCUT2D eigenvalue weighted by atomic mass is 16.2. The summed E-state index contributed by atoms with van der Waals surface area (Å²) in [7, 11) is 0. The summed E-state index contributed by atoms with van der Waals surface area (Å²) in [4.78, 5) is 43.1. The number of hydrogen-bond donors (Lipinski definition) is 1. The first-order valence-corrected chi connectivity index (χ1v) is 8.71. The van der Waals surface area contributed by atoms with Crippen molar-refractivity contribution in [3.05, 3.63) is 69.1 Å². The number of aryl methyl sites for hydroxylation is 2. The van der Waals surface area contributed by atoms with Crippen LogP contribution in [0.2, 0.25) is 0 Å². The summed E-state index contributed by atoms with van der Waals surface area (Å²) in [5, 5.41) is 0. The van der Waals surface area contributed by atoms with Crippen LogP contribution in [0.4, 0.5) is 0 Å². The molecule has 1 atom stereocenters. The van der Waals surface area contributed by atoms with Crippen LogP contribution in [0.5, 0.6) is 0 Å². The normalized spacial score (nSPS) is 17.5. The average Bonchev–Trinajstić information content (AvgIpc) is 2.58. The standard InChI is InChI=1S/C20H23N3O3/c1-13-5-4-6-16(9-13)12-22-7-8-23(15(3)19(22)25)20(26)17-10-14(2)21-18(24)11-17/h4-6,9-11,15H,7-8,12H2,1-3H3,(H,21,24)/t15-/m0/s1. The van der Waals surface area contributed by atoms with E-state index in [1.807, 2.05) is 25.1 Å². The van der Waals surface area contributed by atoms with Crippen molar-refractivity contribution in [2.75, 3.05) is 13.1 Å². The minimum Gasteiger partial charge on any atom is -0.335 e. The molecular weight excluding hydrogens is 330 g/mol. The zero-order valence-electron chi connectivity index (χ0n) is 15.3. The lowest BCUT2D eigenvalue weighted by molar-refractivity contribution is -0.140. The van der Waals surface area contributed by atoms with Crippen LogP contribution in [-0.4, -0.2) is 45.7 Å². The lowest BCUT2D eigenvalue weighted by atomic mass is 10.1. The van der Waals surface area contributed by atoms with Gasteiger partial charge in [0.25, 0.3) is 5.91 Å². The average molecular weight is 353 g/mol. The minimum atomic E-state index is -0.555. The summed E-state index contributed by atoms with van der Waals surface area (Å²) in [6.07, 6.45) is 0. The second-order valence-electron chi connectivity index (χ2n) is 6.84. The number of amides is 2. The zero-order chi connectivity index (χ0) is 18.8. The molecule has 0 saturated carbocycles. The van der Waals surface area contributed by atoms with Crippen molar-refractivity contribution < 1.29 is 9.59 Å². The van der Waals surface area contributed by atoms with E-state index in [1.54, 1.807) is 29.7 Å². The lowest BCUT2D eigenvalue weighted by Crippen LogP contribution is -2.57. The van der Waals surface area contributed by atoms with Gasteiger partial charge < -0.3 is 14.8 Å². The SMILES string of the molecule is Cc1cccc(CN2CCN(C(=O)c3cc(C)[nH]c(=O)c3)[C@@H](C)C2=O)c1. The second-order valence-corrected chi connectivity index (χ2v) is 6.84. The molecule has 0 aliphatic carbocycles. The first kappa shape index (κ1) is 17.9. The number of nitrogens with zero attached hydrogens (tertiary/aromatic N) is 2. The number of aromatic nitrogens is 1. The topological polar surface area (TPSA) is 73.5 Å². The van der Waals surface area contributed by atoms with Gasteiger partial charge in [0.15, 0.2) is 0 Å². The van der Waals surface area contributed by atoms with E-state index < -0.39 is 6.04 Å². The molecule has 1 N–H and O–H groups in total. The molecule has 0 bridgehead atoms. The van der Waals surface area contributed by atoms with Gasteiger partial charge in [-0.25, -0.2) is 0 Å². The predicted molar refractivity (Wildman–Crippen MR) is 98.9 cm³/mol. The highest BCUT2D eigenvalue weighted by Gasteiger charge is 2.34. The molecule has 2 aromatic rings. The molecule has 1 aliphatic rings. The Balaban J connectivity index is 1.75. The molecule has 2 heterocycles. The maximum Gasteiger partial charge on any atom is 0.254 e. The molecule has 0 unspecified atom stereocenters. The van der Waals surface area contributed by atoms with Crippen molar-refractivity contribution in [2.45, 2.75) is 33.4 Å². The Morgan fingerprint density at radius 1 is 1.15 bits per heavy atom. The van der Waals surface area contributed by atoms with Crippen molar-refractivity contribution in [1.29, 1.82) is 0 Å². The number of H-pyrrole nitrogens is 1. The fourth-order valence-electron chi connectivity index (χ4n) is 3.37. The van der Waals surface area contributed by atoms with E-state index in [1.165, 1.54) is 6.07 Å². The van der Waals surface area contributed by atoms with Gasteiger partial charge in [-0.3, -0.25) is 14.4 Å². The number of hydrogen-bond acceptors (Lipinski definition) is 3. The molecule has 1 saturated heterocycles. The number of benzene rings is 1. The highest BCUT2D eigenvalue weighted by molar-refractivity contribution is 5.98. The molecular formula is C20H23N3O3. The van der Waals surface area contributed by atoms with Crippen molar-refractivity contribution in [1.82, 2.24) is 14.8 Å². The fraction of sp³-hybridized carbons (Fsp3) is 0.350. The maximum atomic E-state index is 12.8. The molecule has 1 fully saturated rings. The monoisotopic (exact) mass is 353 g/mol. The van der Waals surface area contributed by atoms with Crippen molar-refractivity contribution in [2.24, 2.45) is 0 Å². The third kappa shape index (κ3) is 3.69. The Hall–Kier alpha value is -2.89. The van der Waals surface area contributed by atoms with Gasteiger partial charge in [-0.2, -0.15) is 0 Å². The van der Waals surface area contributed by atoms with Crippen LogP contribution in [0.25, 0.3) is 0 Å². The maximum absolute atomic E-state index is 12.8. The van der Waals surface area contributed by atoms with E-state index in [2.05, 4.69) is 11.1 Å². The van der Waals surface area contributed by atoms with Crippen LogP contribution in [0.1, 0.15) is 34.1 Å².